The lowest BCUT2D eigenvalue weighted by molar-refractivity contribution is -0.127. The number of aliphatic hydroxyl groups is 1. The minimum absolute atomic E-state index is 0.0639. The molecule has 20 heavy (non-hydrogen) atoms. The van der Waals surface area contributed by atoms with Crippen molar-refractivity contribution >= 4 is 5.78 Å². The van der Waals surface area contributed by atoms with Gasteiger partial charge in [0.1, 0.15) is 6.10 Å². The highest BCUT2D eigenvalue weighted by Gasteiger charge is 2.13. The highest BCUT2D eigenvalue weighted by atomic mass is 16.3. The van der Waals surface area contributed by atoms with Crippen LogP contribution >= 0.6 is 0 Å². The number of carbonyl (C=O) groups is 1. The topological polar surface area (TPSA) is 37.3 Å². The van der Waals surface area contributed by atoms with Crippen LogP contribution in [0.4, 0.5) is 0 Å². The molecule has 0 bridgehead atoms. The van der Waals surface area contributed by atoms with Crippen molar-refractivity contribution < 1.29 is 9.90 Å². The number of unbranched alkanes of at least 4 members (excludes halogenated alkanes) is 10. The SMILES string of the molecule is CCCCCCCCC(=O)C(O)CCCCCCCC. The maximum Gasteiger partial charge on any atom is 0.161 e. The third-order valence-electron chi connectivity index (χ3n) is 3.98. The molecule has 0 radical (unpaired) electrons. The standard InChI is InChI=1S/C18H36O2/c1-3-5-7-9-11-13-15-17(19)18(20)16-14-12-10-8-6-4-2/h17,19H,3-16H2,1-2H3. The Labute approximate surface area is 126 Å². The first-order chi connectivity index (χ1) is 9.72. The number of hydrogen-bond donors (Lipinski definition) is 1. The molecule has 0 amide bonds. The first kappa shape index (κ1) is 19.6. The number of hydrogen-bond acceptors (Lipinski definition) is 2. The molecule has 0 aromatic heterocycles. The molecule has 0 spiro atoms. The predicted octanol–water partition coefficient (Wildman–Crippen LogP) is 5.42. The number of aliphatic hydroxyl groups excluding tert-OH is 1. The van der Waals surface area contributed by atoms with E-state index in [4.69, 9.17) is 0 Å². The van der Waals surface area contributed by atoms with Gasteiger partial charge in [0.2, 0.25) is 0 Å². The zero-order chi connectivity index (χ0) is 15.1. The van der Waals surface area contributed by atoms with Crippen LogP contribution in [-0.4, -0.2) is 17.0 Å². The van der Waals surface area contributed by atoms with E-state index in [1.165, 1.54) is 51.4 Å². The Balaban J connectivity index is 3.37. The minimum atomic E-state index is -0.697. The van der Waals surface area contributed by atoms with Gasteiger partial charge in [-0.25, -0.2) is 0 Å². The molecule has 0 rings (SSSR count). The maximum atomic E-state index is 11.7. The summed E-state index contributed by atoms with van der Waals surface area (Å²) in [5.74, 6) is 0.0639. The average molecular weight is 284 g/mol. The Morgan fingerprint density at radius 1 is 0.750 bits per heavy atom. The summed E-state index contributed by atoms with van der Waals surface area (Å²) in [7, 11) is 0. The normalized spacial score (nSPS) is 12.6. The van der Waals surface area contributed by atoms with Crippen molar-refractivity contribution in [1.82, 2.24) is 0 Å². The summed E-state index contributed by atoms with van der Waals surface area (Å²) in [4.78, 5) is 11.7. The summed E-state index contributed by atoms with van der Waals surface area (Å²) < 4.78 is 0. The van der Waals surface area contributed by atoms with Gasteiger partial charge in [-0.1, -0.05) is 84.5 Å². The number of Topliss-reactive ketones (excluding diaryl/α,β-unsaturated/α-hetero) is 1. The van der Waals surface area contributed by atoms with E-state index in [0.717, 1.165) is 25.7 Å². The Bertz CT molecular complexity index is 213. The third kappa shape index (κ3) is 12.7. The van der Waals surface area contributed by atoms with Crippen LogP contribution in [-0.2, 0) is 4.79 Å². The molecule has 2 nitrogen and oxygen atoms in total. The highest BCUT2D eigenvalue weighted by molar-refractivity contribution is 5.82. The molecule has 0 aliphatic rings. The molecule has 0 saturated carbocycles. The van der Waals surface area contributed by atoms with Crippen LogP contribution in [0, 0.1) is 0 Å². The molecular weight excluding hydrogens is 248 g/mol. The Morgan fingerprint density at radius 3 is 1.75 bits per heavy atom. The lowest BCUT2D eigenvalue weighted by Gasteiger charge is -2.09. The molecule has 0 aliphatic carbocycles. The summed E-state index contributed by atoms with van der Waals surface area (Å²) in [6, 6.07) is 0. The molecule has 0 heterocycles. The van der Waals surface area contributed by atoms with Gasteiger partial charge in [-0.05, 0) is 12.8 Å². The molecular formula is C18H36O2. The lowest BCUT2D eigenvalue weighted by Crippen LogP contribution is -2.19. The fourth-order valence-corrected chi connectivity index (χ4v) is 2.53. The first-order valence-electron chi connectivity index (χ1n) is 8.93. The zero-order valence-corrected chi connectivity index (χ0v) is 13.8. The van der Waals surface area contributed by atoms with E-state index in [9.17, 15) is 9.90 Å². The van der Waals surface area contributed by atoms with Crippen molar-refractivity contribution in [1.29, 1.82) is 0 Å². The second-order valence-electron chi connectivity index (χ2n) is 6.06. The van der Waals surface area contributed by atoms with Gasteiger partial charge < -0.3 is 5.11 Å². The smallest absolute Gasteiger partial charge is 0.161 e. The summed E-state index contributed by atoms with van der Waals surface area (Å²) in [5, 5.41) is 9.81. The van der Waals surface area contributed by atoms with Crippen LogP contribution in [0.5, 0.6) is 0 Å². The molecule has 1 atom stereocenters. The van der Waals surface area contributed by atoms with Gasteiger partial charge in [0.15, 0.2) is 5.78 Å². The van der Waals surface area contributed by atoms with E-state index >= 15 is 0 Å². The monoisotopic (exact) mass is 284 g/mol. The average Bonchev–Trinajstić information content (AvgIpc) is 2.45. The molecule has 2 heteroatoms. The van der Waals surface area contributed by atoms with Gasteiger partial charge in [0, 0.05) is 6.42 Å². The van der Waals surface area contributed by atoms with Crippen LogP contribution in [0.3, 0.4) is 0 Å². The van der Waals surface area contributed by atoms with Gasteiger partial charge in [0.05, 0.1) is 0 Å². The highest BCUT2D eigenvalue weighted by Crippen LogP contribution is 2.12. The number of carbonyl (C=O) groups excluding carboxylic acids is 1. The van der Waals surface area contributed by atoms with E-state index in [1.54, 1.807) is 0 Å². The van der Waals surface area contributed by atoms with Crippen LogP contribution < -0.4 is 0 Å². The molecule has 120 valence electrons. The fraction of sp³-hybridized carbons (Fsp3) is 0.944. The van der Waals surface area contributed by atoms with Crippen molar-refractivity contribution in [2.45, 2.75) is 110 Å². The Hall–Kier alpha value is -0.370. The van der Waals surface area contributed by atoms with Crippen molar-refractivity contribution in [2.75, 3.05) is 0 Å². The third-order valence-corrected chi connectivity index (χ3v) is 3.98. The van der Waals surface area contributed by atoms with E-state index in [2.05, 4.69) is 13.8 Å². The number of rotatable bonds is 15. The van der Waals surface area contributed by atoms with Gasteiger partial charge in [-0.2, -0.15) is 0 Å². The Kier molecular flexibility index (Phi) is 14.7. The summed E-state index contributed by atoms with van der Waals surface area (Å²) in [5.41, 5.74) is 0. The van der Waals surface area contributed by atoms with Gasteiger partial charge in [-0.15, -0.1) is 0 Å². The van der Waals surface area contributed by atoms with Crippen molar-refractivity contribution in [3.63, 3.8) is 0 Å². The summed E-state index contributed by atoms with van der Waals surface area (Å²) >= 11 is 0. The second kappa shape index (κ2) is 15.0. The van der Waals surface area contributed by atoms with Gasteiger partial charge in [-0.3, -0.25) is 4.79 Å². The summed E-state index contributed by atoms with van der Waals surface area (Å²) in [6.07, 6.45) is 15.0. The molecule has 0 fully saturated rings. The van der Waals surface area contributed by atoms with Crippen LogP contribution in [0.1, 0.15) is 104 Å². The molecule has 0 saturated heterocycles. The van der Waals surface area contributed by atoms with E-state index in [1.807, 2.05) is 0 Å². The van der Waals surface area contributed by atoms with Crippen molar-refractivity contribution in [2.24, 2.45) is 0 Å². The van der Waals surface area contributed by atoms with Crippen LogP contribution in [0.25, 0.3) is 0 Å². The van der Waals surface area contributed by atoms with Crippen molar-refractivity contribution in [3.8, 4) is 0 Å². The summed E-state index contributed by atoms with van der Waals surface area (Å²) in [6.45, 7) is 4.42. The molecule has 1 N–H and O–H groups in total. The largest absolute Gasteiger partial charge is 0.385 e. The predicted molar refractivity (Wildman–Crippen MR) is 87.0 cm³/mol. The van der Waals surface area contributed by atoms with Crippen LogP contribution in [0.15, 0.2) is 0 Å². The van der Waals surface area contributed by atoms with Crippen LogP contribution in [0.2, 0.25) is 0 Å². The molecule has 0 aromatic carbocycles. The van der Waals surface area contributed by atoms with E-state index in [-0.39, 0.29) is 5.78 Å². The van der Waals surface area contributed by atoms with Gasteiger partial charge in [0.25, 0.3) is 0 Å². The minimum Gasteiger partial charge on any atom is -0.385 e. The second-order valence-corrected chi connectivity index (χ2v) is 6.06. The van der Waals surface area contributed by atoms with E-state index < -0.39 is 6.10 Å². The number of ketones is 1. The van der Waals surface area contributed by atoms with Crippen molar-refractivity contribution in [3.05, 3.63) is 0 Å². The first-order valence-corrected chi connectivity index (χ1v) is 8.93. The Morgan fingerprint density at radius 2 is 1.20 bits per heavy atom. The van der Waals surface area contributed by atoms with E-state index in [0.29, 0.717) is 12.8 Å². The molecule has 1 unspecified atom stereocenters. The van der Waals surface area contributed by atoms with Gasteiger partial charge >= 0.3 is 0 Å². The zero-order valence-electron chi connectivity index (χ0n) is 13.8. The lowest BCUT2D eigenvalue weighted by atomic mass is 10.0. The molecule has 0 aliphatic heterocycles. The molecule has 0 aromatic rings. The quantitative estimate of drug-likeness (QED) is 0.408. The maximum absolute atomic E-state index is 11.7. The fourth-order valence-electron chi connectivity index (χ4n) is 2.53.